The molecule has 0 saturated heterocycles. The van der Waals surface area contributed by atoms with Gasteiger partial charge in [0.25, 0.3) is 21.6 Å². The molecule has 0 heterocycles. The van der Waals surface area contributed by atoms with E-state index in [2.05, 4.69) is 10.5 Å². The molecule has 3 rings (SSSR count). The van der Waals surface area contributed by atoms with Crippen LogP contribution in [0.1, 0.15) is 11.1 Å². The van der Waals surface area contributed by atoms with E-state index in [1.807, 2.05) is 6.92 Å². The van der Waals surface area contributed by atoms with Crippen molar-refractivity contribution in [2.45, 2.75) is 11.8 Å². The molecule has 0 spiro atoms. The number of nitrogens with zero attached hydrogens (tertiary/aromatic N) is 3. The predicted molar refractivity (Wildman–Crippen MR) is 139 cm³/mol. The molecule has 3 aromatic rings. The summed E-state index contributed by atoms with van der Waals surface area (Å²) >= 11 is 6.04. The Labute approximate surface area is 218 Å². The molecule has 0 aliphatic heterocycles. The van der Waals surface area contributed by atoms with E-state index in [0.717, 1.165) is 16.1 Å². The molecule has 0 unspecified atom stereocenters. The minimum absolute atomic E-state index is 0.0392. The van der Waals surface area contributed by atoms with Crippen molar-refractivity contribution in [3.8, 4) is 11.5 Å². The van der Waals surface area contributed by atoms with Gasteiger partial charge in [-0.05, 0) is 37.3 Å². The van der Waals surface area contributed by atoms with Crippen LogP contribution in [0.15, 0.2) is 70.7 Å². The van der Waals surface area contributed by atoms with Crippen molar-refractivity contribution in [3.63, 3.8) is 0 Å². The van der Waals surface area contributed by atoms with Gasteiger partial charge in [-0.25, -0.2) is 13.8 Å². The zero-order valence-electron chi connectivity index (χ0n) is 20.0. The number of halogens is 1. The average Bonchev–Trinajstić information content (AvgIpc) is 2.88. The Bertz CT molecular complexity index is 1440. The number of hydrogen-bond donors (Lipinski definition) is 1. The summed E-state index contributed by atoms with van der Waals surface area (Å²) < 4.78 is 38.7. The number of sulfonamides is 1. The Morgan fingerprint density at radius 2 is 1.81 bits per heavy atom. The monoisotopic (exact) mass is 546 g/mol. The lowest BCUT2D eigenvalue weighted by Crippen LogP contribution is -2.39. The number of nitro groups is 1. The number of hydrogen-bond acceptors (Lipinski definition) is 8. The van der Waals surface area contributed by atoms with Gasteiger partial charge in [0.1, 0.15) is 18.0 Å². The second-order valence-electron chi connectivity index (χ2n) is 7.62. The molecule has 3 aromatic carbocycles. The van der Waals surface area contributed by atoms with Crippen molar-refractivity contribution in [3.05, 3.63) is 86.9 Å². The highest BCUT2D eigenvalue weighted by Gasteiger charge is 2.30. The molecule has 37 heavy (non-hydrogen) atoms. The molecule has 0 radical (unpaired) electrons. The summed E-state index contributed by atoms with van der Waals surface area (Å²) in [6.45, 7) is 1.15. The van der Waals surface area contributed by atoms with Gasteiger partial charge in [0.15, 0.2) is 0 Å². The van der Waals surface area contributed by atoms with Crippen molar-refractivity contribution in [2.24, 2.45) is 5.10 Å². The van der Waals surface area contributed by atoms with Crippen LogP contribution in [-0.2, 0) is 14.8 Å². The lowest BCUT2D eigenvalue weighted by molar-refractivity contribution is -0.384. The number of anilines is 1. The van der Waals surface area contributed by atoms with Gasteiger partial charge in [-0.2, -0.15) is 5.10 Å². The van der Waals surface area contributed by atoms with Crippen LogP contribution < -0.4 is 19.2 Å². The summed E-state index contributed by atoms with van der Waals surface area (Å²) in [5.74, 6) is -0.256. The van der Waals surface area contributed by atoms with Crippen LogP contribution in [0.3, 0.4) is 0 Å². The van der Waals surface area contributed by atoms with Crippen molar-refractivity contribution in [1.82, 2.24) is 5.43 Å². The van der Waals surface area contributed by atoms with Gasteiger partial charge in [0, 0.05) is 28.8 Å². The van der Waals surface area contributed by atoms with Gasteiger partial charge in [0.05, 0.1) is 35.9 Å². The molecule has 1 N–H and O–H groups in total. The maximum atomic E-state index is 13.6. The van der Waals surface area contributed by atoms with E-state index < -0.39 is 27.4 Å². The Balaban J connectivity index is 1.95. The van der Waals surface area contributed by atoms with Crippen molar-refractivity contribution >= 4 is 45.1 Å². The fourth-order valence-corrected chi connectivity index (χ4v) is 4.80. The van der Waals surface area contributed by atoms with Gasteiger partial charge in [-0.3, -0.25) is 19.2 Å². The number of nitrogens with one attached hydrogen (secondary N) is 1. The zero-order chi connectivity index (χ0) is 27.2. The summed E-state index contributed by atoms with van der Waals surface area (Å²) in [6.07, 6.45) is 1.12. The number of hydrazone groups is 1. The second-order valence-corrected chi connectivity index (χ2v) is 9.89. The minimum Gasteiger partial charge on any atom is -0.497 e. The highest BCUT2D eigenvalue weighted by Crippen LogP contribution is 2.35. The van der Waals surface area contributed by atoms with Crippen LogP contribution in [0.25, 0.3) is 0 Å². The lowest BCUT2D eigenvalue weighted by atomic mass is 10.2. The second kappa shape index (κ2) is 11.7. The third-order valence-corrected chi connectivity index (χ3v) is 7.25. The molecule has 0 aliphatic carbocycles. The lowest BCUT2D eigenvalue weighted by Gasteiger charge is -2.25. The predicted octanol–water partition coefficient (Wildman–Crippen LogP) is 3.92. The molecule has 0 fully saturated rings. The summed E-state index contributed by atoms with van der Waals surface area (Å²) in [6, 6.07) is 14.4. The quantitative estimate of drug-likeness (QED) is 0.231. The van der Waals surface area contributed by atoms with Gasteiger partial charge >= 0.3 is 0 Å². The molecule has 0 atom stereocenters. The first-order valence-electron chi connectivity index (χ1n) is 10.6. The first kappa shape index (κ1) is 27.4. The van der Waals surface area contributed by atoms with Crippen molar-refractivity contribution in [2.75, 3.05) is 25.1 Å². The van der Waals surface area contributed by atoms with Crippen LogP contribution in [-0.4, -0.2) is 46.2 Å². The highest BCUT2D eigenvalue weighted by molar-refractivity contribution is 7.92. The number of ether oxygens (including phenoxy) is 2. The van der Waals surface area contributed by atoms with E-state index in [9.17, 15) is 23.3 Å². The van der Waals surface area contributed by atoms with Gasteiger partial charge in [0.2, 0.25) is 0 Å². The van der Waals surface area contributed by atoms with Gasteiger partial charge in [-0.15, -0.1) is 0 Å². The molecule has 0 saturated carbocycles. The van der Waals surface area contributed by atoms with Gasteiger partial charge in [-0.1, -0.05) is 29.3 Å². The number of benzene rings is 3. The molecule has 11 nitrogen and oxygen atoms in total. The van der Waals surface area contributed by atoms with E-state index in [1.165, 1.54) is 56.7 Å². The summed E-state index contributed by atoms with van der Waals surface area (Å²) in [5, 5.41) is 15.0. The van der Waals surface area contributed by atoms with Gasteiger partial charge < -0.3 is 9.47 Å². The Kier molecular flexibility index (Phi) is 8.69. The first-order chi connectivity index (χ1) is 17.6. The third-order valence-electron chi connectivity index (χ3n) is 5.13. The van der Waals surface area contributed by atoms with E-state index >= 15 is 0 Å². The fourth-order valence-electron chi connectivity index (χ4n) is 3.21. The van der Waals surface area contributed by atoms with Crippen LogP contribution >= 0.6 is 11.6 Å². The fraction of sp³-hybridized carbons (Fsp3) is 0.167. The topological polar surface area (TPSA) is 140 Å². The normalized spacial score (nSPS) is 11.2. The molecular formula is C24H23ClN4O7S. The number of amides is 1. The van der Waals surface area contributed by atoms with E-state index in [4.69, 9.17) is 21.1 Å². The number of aryl methyl sites for hydroxylation is 1. The third kappa shape index (κ3) is 6.54. The number of nitro benzene ring substituents is 1. The Morgan fingerprint density at radius 3 is 2.43 bits per heavy atom. The Hall–Kier alpha value is -4.16. The largest absolute Gasteiger partial charge is 0.497 e. The number of carbonyl (C=O) groups excluding carboxylic acids is 1. The zero-order valence-corrected chi connectivity index (χ0v) is 21.6. The first-order valence-corrected chi connectivity index (χ1v) is 12.5. The van der Waals surface area contributed by atoms with Crippen molar-refractivity contribution < 1.29 is 27.6 Å². The molecule has 0 aliphatic rings. The van der Waals surface area contributed by atoms with E-state index in [1.54, 1.807) is 18.2 Å². The van der Waals surface area contributed by atoms with E-state index in [0.29, 0.717) is 5.75 Å². The number of methoxy groups -OCH3 is 2. The Morgan fingerprint density at radius 1 is 1.11 bits per heavy atom. The standard InChI is InChI=1S/C24H23ClN4O7S/c1-16-4-8-20(9-5-16)37(33,34)28(22-13-19(35-2)7-11-23(22)36-3)15-24(30)27-26-14-17-12-18(29(31)32)6-10-21(17)25/h4-14H,15H2,1-3H3,(H,27,30)/b26-14-. The molecule has 0 aromatic heterocycles. The molecule has 194 valence electrons. The maximum absolute atomic E-state index is 13.6. The van der Waals surface area contributed by atoms with Crippen LogP contribution in [0, 0.1) is 17.0 Å². The smallest absolute Gasteiger partial charge is 0.270 e. The van der Waals surface area contributed by atoms with Crippen LogP contribution in [0.2, 0.25) is 5.02 Å². The molecule has 1 amide bonds. The van der Waals surface area contributed by atoms with Crippen LogP contribution in [0.5, 0.6) is 11.5 Å². The summed E-state index contributed by atoms with van der Waals surface area (Å²) in [7, 11) is -1.44. The summed E-state index contributed by atoms with van der Waals surface area (Å²) in [5.41, 5.74) is 3.14. The number of rotatable bonds is 10. The minimum atomic E-state index is -4.23. The number of carbonyl (C=O) groups is 1. The van der Waals surface area contributed by atoms with Crippen molar-refractivity contribution in [1.29, 1.82) is 0 Å². The summed E-state index contributed by atoms with van der Waals surface area (Å²) in [4.78, 5) is 23.2. The highest BCUT2D eigenvalue weighted by atomic mass is 35.5. The maximum Gasteiger partial charge on any atom is 0.270 e. The molecular weight excluding hydrogens is 524 g/mol. The molecule has 0 bridgehead atoms. The SMILES string of the molecule is COc1ccc(OC)c(N(CC(=O)N/N=C\c2cc([N+](=O)[O-])ccc2Cl)S(=O)(=O)c2ccc(C)cc2)c1. The molecule has 13 heteroatoms. The number of non-ortho nitro benzene ring substituents is 1. The van der Waals surface area contributed by atoms with Crippen LogP contribution in [0.4, 0.5) is 11.4 Å². The van der Waals surface area contributed by atoms with E-state index in [-0.39, 0.29) is 32.6 Å². The average molecular weight is 547 g/mol.